The van der Waals surface area contributed by atoms with E-state index in [-0.39, 0.29) is 23.7 Å². The lowest BCUT2D eigenvalue weighted by molar-refractivity contribution is 0.309. The third kappa shape index (κ3) is 6.95. The molecule has 3 aromatic carbocycles. The van der Waals surface area contributed by atoms with Crippen molar-refractivity contribution in [3.05, 3.63) is 150 Å². The zero-order valence-corrected chi connectivity index (χ0v) is 24.4. The van der Waals surface area contributed by atoms with Crippen molar-refractivity contribution in [3.63, 3.8) is 0 Å². The summed E-state index contributed by atoms with van der Waals surface area (Å²) in [4.78, 5) is 7.10. The van der Waals surface area contributed by atoms with Crippen molar-refractivity contribution in [1.82, 2.24) is 4.90 Å². The number of likely N-dealkylation sites (N-methyl/N-ethyl adjacent to an activating group) is 1. The highest BCUT2D eigenvalue weighted by Gasteiger charge is 2.33. The van der Waals surface area contributed by atoms with Crippen LogP contribution in [-0.2, 0) is 4.74 Å². The van der Waals surface area contributed by atoms with Gasteiger partial charge in [0.15, 0.2) is 5.84 Å². The number of rotatable bonds is 11. The molecule has 1 unspecified atom stereocenters. The van der Waals surface area contributed by atoms with Gasteiger partial charge in [-0.1, -0.05) is 131 Å². The highest BCUT2D eigenvalue weighted by Crippen LogP contribution is 2.39. The molecule has 0 aliphatic rings. The molecule has 0 amide bonds. The monoisotopic (exact) mass is 531 g/mol. The Morgan fingerprint density at radius 2 is 1.52 bits per heavy atom. The molecule has 0 saturated carbocycles. The Labute approximate surface area is 240 Å². The topological polar surface area (TPSA) is 48.7 Å². The Morgan fingerprint density at radius 3 is 2.08 bits per heavy atom. The fourth-order valence-corrected chi connectivity index (χ4v) is 5.08. The minimum absolute atomic E-state index is 0.0404. The Hall–Kier alpha value is -4.44. The number of aryl methyl sites for hydroxylation is 1. The number of nitrogens with one attached hydrogen (secondary N) is 1. The Bertz CT molecular complexity index is 1400. The highest BCUT2D eigenvalue weighted by molar-refractivity contribution is 6.10. The van der Waals surface area contributed by atoms with E-state index in [0.717, 1.165) is 22.3 Å². The molecule has 0 heterocycles. The fraction of sp³-hybridized carbons (Fsp3) is 0.222. The van der Waals surface area contributed by atoms with Crippen LogP contribution in [0.2, 0.25) is 0 Å². The van der Waals surface area contributed by atoms with Crippen LogP contribution in [0.1, 0.15) is 47.6 Å². The first-order valence-electron chi connectivity index (χ1n) is 13.5. The third-order valence-corrected chi connectivity index (χ3v) is 7.17. The lowest BCUT2D eigenvalue weighted by atomic mass is 9.76. The molecule has 0 bridgehead atoms. The number of benzene rings is 3. The van der Waals surface area contributed by atoms with Crippen LogP contribution in [0.15, 0.2) is 128 Å². The summed E-state index contributed by atoms with van der Waals surface area (Å²) in [5.74, 6) is 1.76. The van der Waals surface area contributed by atoms with Gasteiger partial charge in [-0.2, -0.15) is 0 Å². The molecule has 0 fully saturated rings. The van der Waals surface area contributed by atoms with Gasteiger partial charge in [-0.15, -0.1) is 0 Å². The van der Waals surface area contributed by atoms with Gasteiger partial charge in [-0.25, -0.2) is 4.99 Å². The van der Waals surface area contributed by atoms with E-state index < -0.39 is 0 Å². The fourth-order valence-electron chi connectivity index (χ4n) is 5.08. The van der Waals surface area contributed by atoms with Crippen molar-refractivity contribution in [2.45, 2.75) is 32.7 Å². The second kappa shape index (κ2) is 14.1. The lowest BCUT2D eigenvalue weighted by Gasteiger charge is -2.39. The highest BCUT2D eigenvalue weighted by atomic mass is 16.5. The van der Waals surface area contributed by atoms with E-state index in [4.69, 9.17) is 15.1 Å². The number of ether oxygens (including phenoxy) is 1. The molecule has 4 heteroatoms. The van der Waals surface area contributed by atoms with E-state index in [1.807, 2.05) is 66.7 Å². The van der Waals surface area contributed by atoms with E-state index in [1.165, 1.54) is 11.1 Å². The maximum atomic E-state index is 8.85. The van der Waals surface area contributed by atoms with Gasteiger partial charge in [0.25, 0.3) is 0 Å². The molecular formula is C36H41N3O. The van der Waals surface area contributed by atoms with Gasteiger partial charge in [0, 0.05) is 29.7 Å². The standard InChI is InChI=1S/C36H41N3O/c1-9-10-24-32(33(25(2)3)34-26(4)18-17-23-31(34)27(5)28(6)40-8)39(7)36(30-21-15-12-16-22-30)38-35(37)29-19-13-11-14-20-29/h9-25,32-33,37H,1,5-6H2,2-4,7-8H3/t32?,33-/m1/s1. The summed E-state index contributed by atoms with van der Waals surface area (Å²) in [6, 6.07) is 25.8. The third-order valence-electron chi connectivity index (χ3n) is 7.17. The second-order valence-corrected chi connectivity index (χ2v) is 10.1. The molecule has 0 aliphatic heterocycles. The number of methoxy groups -OCH3 is 1. The Kier molecular flexibility index (Phi) is 10.6. The second-order valence-electron chi connectivity index (χ2n) is 10.1. The van der Waals surface area contributed by atoms with E-state index in [0.29, 0.717) is 11.6 Å². The number of amidine groups is 2. The molecule has 0 saturated heterocycles. The van der Waals surface area contributed by atoms with Crippen LogP contribution < -0.4 is 0 Å². The van der Waals surface area contributed by atoms with Crippen LogP contribution in [-0.4, -0.2) is 36.8 Å². The maximum Gasteiger partial charge on any atom is 0.154 e. The first kappa shape index (κ1) is 30.1. The average molecular weight is 532 g/mol. The largest absolute Gasteiger partial charge is 0.497 e. The molecule has 0 radical (unpaired) electrons. The lowest BCUT2D eigenvalue weighted by Crippen LogP contribution is -2.42. The predicted molar refractivity (Wildman–Crippen MR) is 171 cm³/mol. The van der Waals surface area contributed by atoms with Crippen LogP contribution in [0.4, 0.5) is 0 Å². The number of hydrogen-bond acceptors (Lipinski definition) is 2. The molecule has 0 aliphatic carbocycles. The van der Waals surface area contributed by atoms with Crippen LogP contribution in [0.5, 0.6) is 0 Å². The summed E-state index contributed by atoms with van der Waals surface area (Å²) < 4.78 is 5.48. The first-order chi connectivity index (χ1) is 19.2. The number of hydrogen-bond donors (Lipinski definition) is 1. The minimum Gasteiger partial charge on any atom is -0.497 e. The van der Waals surface area contributed by atoms with Crippen molar-refractivity contribution >= 4 is 17.2 Å². The van der Waals surface area contributed by atoms with Gasteiger partial charge in [0.1, 0.15) is 11.6 Å². The Morgan fingerprint density at radius 1 is 0.925 bits per heavy atom. The SMILES string of the molecule is C=CC=CC([C@H](c1c(C)cccc1C(=C)C(=C)OC)C(C)C)N(C)C(=NC(=N)c1ccccc1)c1ccccc1. The summed E-state index contributed by atoms with van der Waals surface area (Å²) in [6.45, 7) is 19.0. The van der Waals surface area contributed by atoms with E-state index in [9.17, 15) is 0 Å². The molecule has 206 valence electrons. The summed E-state index contributed by atoms with van der Waals surface area (Å²) in [5, 5.41) is 8.85. The molecule has 2 atom stereocenters. The quantitative estimate of drug-likeness (QED) is 0.117. The molecule has 1 N–H and O–H groups in total. The number of aliphatic imine (C=N–C) groups is 1. The van der Waals surface area contributed by atoms with Crippen molar-refractivity contribution in [2.75, 3.05) is 14.2 Å². The van der Waals surface area contributed by atoms with E-state index in [2.05, 4.69) is 76.7 Å². The summed E-state index contributed by atoms with van der Waals surface area (Å²) in [7, 11) is 3.68. The summed E-state index contributed by atoms with van der Waals surface area (Å²) in [5.41, 5.74) is 5.85. The number of allylic oxidation sites excluding steroid dienone is 3. The van der Waals surface area contributed by atoms with Crippen molar-refractivity contribution in [1.29, 1.82) is 5.41 Å². The smallest absolute Gasteiger partial charge is 0.154 e. The van der Waals surface area contributed by atoms with Gasteiger partial charge < -0.3 is 9.64 Å². The van der Waals surface area contributed by atoms with E-state index in [1.54, 1.807) is 13.2 Å². The van der Waals surface area contributed by atoms with Crippen LogP contribution >= 0.6 is 0 Å². The molecule has 40 heavy (non-hydrogen) atoms. The van der Waals surface area contributed by atoms with Crippen molar-refractivity contribution in [2.24, 2.45) is 10.9 Å². The van der Waals surface area contributed by atoms with Gasteiger partial charge in [0.05, 0.1) is 13.2 Å². The number of nitrogens with zero attached hydrogens (tertiary/aromatic N) is 2. The maximum absolute atomic E-state index is 8.85. The molecule has 0 spiro atoms. The average Bonchev–Trinajstić information content (AvgIpc) is 2.97. The zero-order valence-electron chi connectivity index (χ0n) is 24.4. The minimum atomic E-state index is -0.121. The normalized spacial score (nSPS) is 13.1. The predicted octanol–water partition coefficient (Wildman–Crippen LogP) is 8.42. The first-order valence-corrected chi connectivity index (χ1v) is 13.5. The van der Waals surface area contributed by atoms with Crippen LogP contribution in [0.3, 0.4) is 0 Å². The molecular weight excluding hydrogens is 490 g/mol. The van der Waals surface area contributed by atoms with Crippen molar-refractivity contribution in [3.8, 4) is 0 Å². The Balaban J connectivity index is 2.25. The van der Waals surface area contributed by atoms with Crippen molar-refractivity contribution < 1.29 is 4.74 Å². The summed E-state index contributed by atoms with van der Waals surface area (Å²) >= 11 is 0. The van der Waals surface area contributed by atoms with Crippen LogP contribution in [0.25, 0.3) is 5.57 Å². The molecule has 0 aromatic heterocycles. The molecule has 4 nitrogen and oxygen atoms in total. The van der Waals surface area contributed by atoms with Crippen LogP contribution in [0, 0.1) is 18.3 Å². The van der Waals surface area contributed by atoms with Gasteiger partial charge in [-0.3, -0.25) is 5.41 Å². The summed E-state index contributed by atoms with van der Waals surface area (Å²) in [6.07, 6.45) is 5.96. The zero-order chi connectivity index (χ0) is 29.2. The molecule has 3 rings (SSSR count). The van der Waals surface area contributed by atoms with Gasteiger partial charge >= 0.3 is 0 Å². The van der Waals surface area contributed by atoms with Gasteiger partial charge in [0.2, 0.25) is 0 Å². The molecule has 3 aromatic rings. The van der Waals surface area contributed by atoms with E-state index >= 15 is 0 Å². The van der Waals surface area contributed by atoms with Gasteiger partial charge in [-0.05, 0) is 29.5 Å².